The Hall–Kier alpha value is -1.49. The van der Waals surface area contributed by atoms with Crippen LogP contribution in [0.3, 0.4) is 0 Å². The standard InChI is InChI=1S/C18H23N3OS/c1-10-13-15(18(4)6-5-7-23-18)14-11(19-16(13)21-20-10)8-17(2,3)9-12(14)22/h5,7,15H,6,8-9H2,1-4H3,(H2,19,20,21)/t15-,18?/m0/s1. The van der Waals surface area contributed by atoms with Gasteiger partial charge in [0.05, 0.1) is 0 Å². The van der Waals surface area contributed by atoms with E-state index in [2.05, 4.69) is 54.7 Å². The lowest BCUT2D eigenvalue weighted by Crippen LogP contribution is -2.40. The van der Waals surface area contributed by atoms with E-state index >= 15 is 0 Å². The van der Waals surface area contributed by atoms with Gasteiger partial charge in [0.2, 0.25) is 0 Å². The highest BCUT2D eigenvalue weighted by Gasteiger charge is 2.49. The molecular weight excluding hydrogens is 306 g/mol. The van der Waals surface area contributed by atoms with Crippen LogP contribution >= 0.6 is 11.8 Å². The molecule has 0 aromatic carbocycles. The maximum absolute atomic E-state index is 13.0. The molecule has 4 rings (SSSR count). The number of aromatic amines is 1. The molecule has 1 unspecified atom stereocenters. The van der Waals surface area contributed by atoms with Crippen molar-refractivity contribution in [2.45, 2.75) is 57.6 Å². The number of nitrogens with one attached hydrogen (secondary N) is 2. The Bertz CT molecular complexity index is 748. The number of nitrogens with zero attached hydrogens (tertiary/aromatic N) is 1. The van der Waals surface area contributed by atoms with Crippen molar-refractivity contribution in [2.24, 2.45) is 5.41 Å². The number of allylic oxidation sites excluding steroid dienone is 3. The molecular formula is C18H23N3OS. The fourth-order valence-corrected chi connectivity index (χ4v) is 5.35. The number of thioether (sulfide) groups is 1. The van der Waals surface area contributed by atoms with Gasteiger partial charge in [0.25, 0.3) is 0 Å². The number of hydrogen-bond donors (Lipinski definition) is 2. The molecule has 2 N–H and O–H groups in total. The molecule has 0 bridgehead atoms. The van der Waals surface area contributed by atoms with Gasteiger partial charge in [0, 0.05) is 39.6 Å². The lowest BCUT2D eigenvalue weighted by Gasteiger charge is -2.43. The Balaban J connectivity index is 1.90. The summed E-state index contributed by atoms with van der Waals surface area (Å²) in [4.78, 5) is 13.0. The smallest absolute Gasteiger partial charge is 0.161 e. The van der Waals surface area contributed by atoms with Gasteiger partial charge in [-0.3, -0.25) is 9.89 Å². The number of ketones is 1. The van der Waals surface area contributed by atoms with Crippen LogP contribution in [0.15, 0.2) is 22.8 Å². The van der Waals surface area contributed by atoms with Crippen LogP contribution in [0.1, 0.15) is 57.2 Å². The third-order valence-corrected chi connectivity index (χ3v) is 6.60. The Labute approximate surface area is 141 Å². The molecule has 1 aromatic rings. The van der Waals surface area contributed by atoms with E-state index in [1.54, 1.807) is 0 Å². The van der Waals surface area contributed by atoms with Gasteiger partial charge in [-0.25, -0.2) is 0 Å². The highest BCUT2D eigenvalue weighted by atomic mass is 32.2. The Morgan fingerprint density at radius 2 is 2.09 bits per heavy atom. The molecule has 3 aliphatic rings. The summed E-state index contributed by atoms with van der Waals surface area (Å²) in [6.45, 7) is 8.68. The number of anilines is 1. The molecule has 0 fully saturated rings. The van der Waals surface area contributed by atoms with Crippen molar-refractivity contribution in [2.75, 3.05) is 5.32 Å². The van der Waals surface area contributed by atoms with E-state index in [-0.39, 0.29) is 16.1 Å². The molecule has 1 aromatic heterocycles. The van der Waals surface area contributed by atoms with E-state index in [0.29, 0.717) is 12.2 Å². The molecule has 0 amide bonds. The summed E-state index contributed by atoms with van der Waals surface area (Å²) in [7, 11) is 0. The summed E-state index contributed by atoms with van der Waals surface area (Å²) in [5, 5.41) is 13.2. The predicted octanol–water partition coefficient (Wildman–Crippen LogP) is 4.28. The summed E-state index contributed by atoms with van der Waals surface area (Å²) in [5.74, 6) is 1.32. The van der Waals surface area contributed by atoms with Crippen LogP contribution < -0.4 is 5.32 Å². The average molecular weight is 329 g/mol. The van der Waals surface area contributed by atoms with E-state index in [9.17, 15) is 4.79 Å². The first-order chi connectivity index (χ1) is 10.8. The first-order valence-electron chi connectivity index (χ1n) is 8.22. The van der Waals surface area contributed by atoms with Crippen LogP contribution in [0.4, 0.5) is 5.82 Å². The van der Waals surface area contributed by atoms with E-state index in [1.807, 2.05) is 11.8 Å². The minimum absolute atomic E-state index is 0.0107. The van der Waals surface area contributed by atoms with Crippen molar-refractivity contribution in [3.63, 3.8) is 0 Å². The Morgan fingerprint density at radius 1 is 1.30 bits per heavy atom. The SMILES string of the molecule is Cc1[nH]nc2c1[C@H](C1(C)CC=CS1)C1=C(CC(C)(C)CC1=O)N2. The monoisotopic (exact) mass is 329 g/mol. The first kappa shape index (κ1) is 15.1. The van der Waals surface area contributed by atoms with Gasteiger partial charge in [-0.1, -0.05) is 19.9 Å². The zero-order valence-corrected chi connectivity index (χ0v) is 14.9. The second kappa shape index (κ2) is 4.76. The number of fused-ring (bicyclic) bond motifs is 1. The number of hydrogen-bond acceptors (Lipinski definition) is 4. The molecule has 0 saturated carbocycles. The Morgan fingerprint density at radius 3 is 2.78 bits per heavy atom. The van der Waals surface area contributed by atoms with Crippen molar-refractivity contribution in [3.05, 3.63) is 34.0 Å². The minimum atomic E-state index is -0.0107. The number of Topliss-reactive ketones (excluding diaryl/α,β-unsaturated/α-hetero) is 1. The van der Waals surface area contributed by atoms with Crippen molar-refractivity contribution in [1.29, 1.82) is 0 Å². The van der Waals surface area contributed by atoms with Crippen LogP contribution in [-0.4, -0.2) is 20.7 Å². The van der Waals surface area contributed by atoms with Gasteiger partial charge < -0.3 is 5.32 Å². The summed E-state index contributed by atoms with van der Waals surface area (Å²) in [5.41, 5.74) is 4.34. The molecule has 3 heterocycles. The summed E-state index contributed by atoms with van der Waals surface area (Å²) in [6, 6.07) is 0. The van der Waals surface area contributed by atoms with E-state index < -0.39 is 0 Å². The third-order valence-electron chi connectivity index (χ3n) is 5.33. The van der Waals surface area contributed by atoms with E-state index in [0.717, 1.165) is 35.6 Å². The fourth-order valence-electron chi connectivity index (χ4n) is 4.29. The van der Waals surface area contributed by atoms with Crippen LogP contribution in [-0.2, 0) is 4.79 Å². The van der Waals surface area contributed by atoms with Gasteiger partial charge in [0.1, 0.15) is 0 Å². The number of H-pyrrole nitrogens is 1. The number of aryl methyl sites for hydroxylation is 1. The maximum Gasteiger partial charge on any atom is 0.161 e. The number of carbonyl (C=O) groups is 1. The molecule has 0 saturated heterocycles. The second-order valence-electron chi connectivity index (χ2n) is 8.01. The number of aromatic nitrogens is 2. The highest BCUT2D eigenvalue weighted by Crippen LogP contribution is 2.56. The quantitative estimate of drug-likeness (QED) is 0.807. The highest BCUT2D eigenvalue weighted by molar-refractivity contribution is 8.03. The van der Waals surface area contributed by atoms with Crippen LogP contribution in [0.2, 0.25) is 0 Å². The molecule has 0 radical (unpaired) electrons. The largest absolute Gasteiger partial charge is 0.342 e. The molecule has 122 valence electrons. The molecule has 0 spiro atoms. The van der Waals surface area contributed by atoms with Gasteiger partial charge in [-0.2, -0.15) is 5.10 Å². The minimum Gasteiger partial charge on any atom is -0.342 e. The van der Waals surface area contributed by atoms with Gasteiger partial charge >= 0.3 is 0 Å². The molecule has 4 nitrogen and oxygen atoms in total. The van der Waals surface area contributed by atoms with Crippen LogP contribution in [0.5, 0.6) is 0 Å². The first-order valence-corrected chi connectivity index (χ1v) is 9.10. The predicted molar refractivity (Wildman–Crippen MR) is 94.5 cm³/mol. The van der Waals surface area contributed by atoms with E-state index in [4.69, 9.17) is 0 Å². The summed E-state index contributed by atoms with van der Waals surface area (Å²) < 4.78 is -0.0107. The summed E-state index contributed by atoms with van der Waals surface area (Å²) in [6.07, 6.45) is 4.74. The van der Waals surface area contributed by atoms with Crippen molar-refractivity contribution in [1.82, 2.24) is 10.2 Å². The molecule has 2 aliphatic heterocycles. The van der Waals surface area contributed by atoms with Gasteiger partial charge in [-0.05, 0) is 37.5 Å². The molecule has 1 aliphatic carbocycles. The van der Waals surface area contributed by atoms with Gasteiger partial charge in [0.15, 0.2) is 11.6 Å². The zero-order chi connectivity index (χ0) is 16.4. The second-order valence-corrected chi connectivity index (χ2v) is 9.45. The Kier molecular flexibility index (Phi) is 3.12. The topological polar surface area (TPSA) is 57.8 Å². The fraction of sp³-hybridized carbons (Fsp3) is 0.556. The lowest BCUT2D eigenvalue weighted by atomic mass is 9.67. The van der Waals surface area contributed by atoms with Crippen molar-refractivity contribution < 1.29 is 4.79 Å². The normalized spacial score (nSPS) is 31.8. The van der Waals surface area contributed by atoms with Crippen LogP contribution in [0, 0.1) is 12.3 Å². The zero-order valence-electron chi connectivity index (χ0n) is 14.1. The van der Waals surface area contributed by atoms with Crippen LogP contribution in [0.25, 0.3) is 0 Å². The number of rotatable bonds is 1. The van der Waals surface area contributed by atoms with Crippen molar-refractivity contribution >= 4 is 23.4 Å². The number of carbonyl (C=O) groups excluding carboxylic acids is 1. The maximum atomic E-state index is 13.0. The molecule has 5 heteroatoms. The average Bonchev–Trinajstić information content (AvgIpc) is 3.03. The molecule has 23 heavy (non-hydrogen) atoms. The summed E-state index contributed by atoms with van der Waals surface area (Å²) >= 11 is 1.85. The molecule has 2 atom stereocenters. The van der Waals surface area contributed by atoms with Crippen molar-refractivity contribution in [3.8, 4) is 0 Å². The third kappa shape index (κ3) is 2.20. The van der Waals surface area contributed by atoms with Gasteiger partial charge in [-0.15, -0.1) is 11.8 Å². The van der Waals surface area contributed by atoms with E-state index in [1.165, 1.54) is 5.56 Å². The lowest BCUT2D eigenvalue weighted by molar-refractivity contribution is -0.118.